The van der Waals surface area contributed by atoms with Crippen molar-refractivity contribution in [2.75, 3.05) is 30.8 Å². The molecule has 1 aliphatic heterocycles. The van der Waals surface area contributed by atoms with Gasteiger partial charge in [-0.2, -0.15) is 10.4 Å². The number of hydrogen-bond donors (Lipinski definition) is 4. The van der Waals surface area contributed by atoms with Crippen LogP contribution in [0.4, 0.5) is 17.3 Å². The molecule has 0 bridgehead atoms. The molecule has 4 N–H and O–H groups in total. The van der Waals surface area contributed by atoms with E-state index in [0.29, 0.717) is 23.5 Å². The fraction of sp³-hybridized carbons (Fsp3) is 0.286. The minimum Gasteiger partial charge on any atom is -0.395 e. The molecule has 0 saturated carbocycles. The van der Waals surface area contributed by atoms with Crippen LogP contribution in [0.2, 0.25) is 0 Å². The van der Waals surface area contributed by atoms with E-state index >= 15 is 0 Å². The number of aromatic nitrogens is 4. The summed E-state index contributed by atoms with van der Waals surface area (Å²) in [6.45, 7) is 2.46. The van der Waals surface area contributed by atoms with Crippen molar-refractivity contribution < 1.29 is 9.90 Å². The molecular weight excluding hydrogens is 396 g/mol. The summed E-state index contributed by atoms with van der Waals surface area (Å²) < 4.78 is 1.53. The molecular formula is C21H22N8O2. The number of nitriles is 1. The largest absolute Gasteiger partial charge is 0.395 e. The van der Waals surface area contributed by atoms with E-state index in [1.54, 1.807) is 31.6 Å². The van der Waals surface area contributed by atoms with Gasteiger partial charge in [-0.3, -0.25) is 9.48 Å². The Hall–Kier alpha value is -3.97. The number of aliphatic hydroxyl groups excluding tert-OH is 1. The highest BCUT2D eigenvalue weighted by Gasteiger charge is 2.36. The van der Waals surface area contributed by atoms with E-state index < -0.39 is 5.41 Å². The Morgan fingerprint density at radius 3 is 2.97 bits per heavy atom. The Morgan fingerprint density at radius 2 is 2.26 bits per heavy atom. The van der Waals surface area contributed by atoms with Crippen molar-refractivity contribution in [3.05, 3.63) is 47.4 Å². The predicted octanol–water partition coefficient (Wildman–Crippen LogP) is 1.53. The number of carbonyl (C=O) groups excluding carboxylic acids is 1. The number of aliphatic hydroxyl groups is 1. The van der Waals surface area contributed by atoms with E-state index in [0.717, 1.165) is 16.8 Å². The van der Waals surface area contributed by atoms with E-state index in [1.165, 1.54) is 11.7 Å². The zero-order valence-electron chi connectivity index (χ0n) is 17.4. The summed E-state index contributed by atoms with van der Waals surface area (Å²) in [6, 6.07) is 7.68. The Labute approximate surface area is 179 Å². The number of fused-ring (bicyclic) bond motifs is 1. The van der Waals surface area contributed by atoms with Crippen molar-refractivity contribution in [1.29, 1.82) is 5.26 Å². The van der Waals surface area contributed by atoms with Crippen LogP contribution in [0.25, 0.3) is 11.3 Å². The third-order valence-corrected chi connectivity index (χ3v) is 5.38. The molecule has 1 amide bonds. The number of amides is 1. The van der Waals surface area contributed by atoms with Crippen molar-refractivity contribution in [2.24, 2.45) is 7.05 Å². The van der Waals surface area contributed by atoms with Gasteiger partial charge in [0.05, 0.1) is 29.2 Å². The minimum absolute atomic E-state index is 0.0405. The third kappa shape index (κ3) is 3.55. The van der Waals surface area contributed by atoms with E-state index in [2.05, 4.69) is 37.1 Å². The van der Waals surface area contributed by atoms with Crippen molar-refractivity contribution in [3.63, 3.8) is 0 Å². The van der Waals surface area contributed by atoms with Crippen molar-refractivity contribution >= 4 is 23.2 Å². The summed E-state index contributed by atoms with van der Waals surface area (Å²) >= 11 is 0. The summed E-state index contributed by atoms with van der Waals surface area (Å²) in [4.78, 5) is 20.9. The lowest BCUT2D eigenvalue weighted by Crippen LogP contribution is -2.28. The summed E-state index contributed by atoms with van der Waals surface area (Å²) in [5.41, 5.74) is 3.69. The summed E-state index contributed by atoms with van der Waals surface area (Å²) in [5.74, 6) is -0.0370. The van der Waals surface area contributed by atoms with Gasteiger partial charge in [-0.05, 0) is 23.8 Å². The average molecular weight is 418 g/mol. The number of benzene rings is 1. The molecule has 10 heteroatoms. The molecule has 3 heterocycles. The molecule has 1 unspecified atom stereocenters. The molecule has 31 heavy (non-hydrogen) atoms. The van der Waals surface area contributed by atoms with Crippen LogP contribution in [0.1, 0.15) is 28.5 Å². The highest BCUT2D eigenvalue weighted by atomic mass is 16.3. The minimum atomic E-state index is -0.483. The first-order valence-electron chi connectivity index (χ1n) is 9.68. The Balaban J connectivity index is 1.73. The van der Waals surface area contributed by atoms with E-state index in [-0.39, 0.29) is 24.2 Å². The number of nitrogens with one attached hydrogen (secondary N) is 3. The molecule has 3 aromatic rings. The molecule has 0 saturated heterocycles. The molecule has 2 aromatic heterocycles. The van der Waals surface area contributed by atoms with Gasteiger partial charge in [0, 0.05) is 44.0 Å². The molecule has 0 aliphatic carbocycles. The quantitative estimate of drug-likeness (QED) is 0.489. The smallest absolute Gasteiger partial charge is 0.273 e. The first kappa shape index (κ1) is 20.3. The molecule has 1 aromatic carbocycles. The van der Waals surface area contributed by atoms with Crippen LogP contribution in [-0.4, -0.2) is 51.0 Å². The molecule has 158 valence electrons. The van der Waals surface area contributed by atoms with E-state index in [9.17, 15) is 15.2 Å². The fourth-order valence-electron chi connectivity index (χ4n) is 3.63. The Kier molecular flexibility index (Phi) is 5.04. The first-order valence-corrected chi connectivity index (χ1v) is 9.68. The molecule has 1 atom stereocenters. The lowest BCUT2D eigenvalue weighted by atomic mass is 9.83. The fourth-order valence-corrected chi connectivity index (χ4v) is 3.63. The number of aryl methyl sites for hydroxylation is 1. The molecule has 1 aliphatic rings. The third-order valence-electron chi connectivity index (χ3n) is 5.38. The van der Waals surface area contributed by atoms with Gasteiger partial charge in [-0.25, -0.2) is 9.97 Å². The lowest BCUT2D eigenvalue weighted by molar-refractivity contribution is 0.0958. The molecule has 0 spiro atoms. The van der Waals surface area contributed by atoms with Gasteiger partial charge in [-0.1, -0.05) is 6.92 Å². The van der Waals surface area contributed by atoms with E-state index in [1.807, 2.05) is 13.0 Å². The van der Waals surface area contributed by atoms with Gasteiger partial charge in [0.1, 0.15) is 6.07 Å². The second-order valence-electron chi connectivity index (χ2n) is 7.67. The van der Waals surface area contributed by atoms with Gasteiger partial charge in [-0.15, -0.1) is 0 Å². The standard InChI is InChI=1S/C21H22N8O2/c1-21(11-30)10-25-17-13(8-22)6-12(7-14(17)21)15-4-5-24-20(26-15)27-16-9-29(3)28-18(16)19(31)23-2/h4-7,9,25,30H,10-11H2,1-3H3,(H,23,31)(H,24,26,27). The van der Waals surface area contributed by atoms with Crippen LogP contribution in [0.5, 0.6) is 0 Å². The normalized spacial score (nSPS) is 16.9. The Bertz CT molecular complexity index is 1210. The van der Waals surface area contributed by atoms with Crippen LogP contribution in [0.15, 0.2) is 30.6 Å². The van der Waals surface area contributed by atoms with Crippen LogP contribution in [-0.2, 0) is 12.5 Å². The van der Waals surface area contributed by atoms with Crippen molar-refractivity contribution in [3.8, 4) is 17.3 Å². The predicted molar refractivity (Wildman–Crippen MR) is 115 cm³/mol. The van der Waals surface area contributed by atoms with E-state index in [4.69, 9.17) is 0 Å². The number of anilines is 3. The summed E-state index contributed by atoms with van der Waals surface area (Å²) in [7, 11) is 3.25. The zero-order chi connectivity index (χ0) is 22.2. The lowest BCUT2D eigenvalue weighted by Gasteiger charge is -2.21. The van der Waals surface area contributed by atoms with Crippen molar-refractivity contribution in [1.82, 2.24) is 25.1 Å². The van der Waals surface area contributed by atoms with Gasteiger partial charge in [0.15, 0.2) is 5.69 Å². The molecule has 0 fully saturated rings. The summed E-state index contributed by atoms with van der Waals surface area (Å²) in [5, 5.41) is 32.5. The number of carbonyl (C=O) groups is 1. The maximum atomic E-state index is 12.1. The van der Waals surface area contributed by atoms with Gasteiger partial charge in [0.25, 0.3) is 5.91 Å². The number of rotatable bonds is 5. The van der Waals surface area contributed by atoms with Gasteiger partial charge in [0.2, 0.25) is 5.95 Å². The molecule has 4 rings (SSSR count). The monoisotopic (exact) mass is 418 g/mol. The number of nitrogens with zero attached hydrogens (tertiary/aromatic N) is 5. The van der Waals surface area contributed by atoms with Gasteiger partial charge < -0.3 is 21.1 Å². The molecule has 10 nitrogen and oxygen atoms in total. The highest BCUT2D eigenvalue weighted by Crippen LogP contribution is 2.41. The topological polar surface area (TPSA) is 141 Å². The first-order chi connectivity index (χ1) is 14.9. The number of hydrogen-bond acceptors (Lipinski definition) is 8. The van der Waals surface area contributed by atoms with Crippen LogP contribution in [0, 0.1) is 11.3 Å². The van der Waals surface area contributed by atoms with Crippen LogP contribution in [0.3, 0.4) is 0 Å². The van der Waals surface area contributed by atoms with Crippen LogP contribution >= 0.6 is 0 Å². The summed E-state index contributed by atoms with van der Waals surface area (Å²) in [6.07, 6.45) is 3.27. The second-order valence-corrected chi connectivity index (χ2v) is 7.67. The van der Waals surface area contributed by atoms with Gasteiger partial charge >= 0.3 is 0 Å². The maximum Gasteiger partial charge on any atom is 0.273 e. The SMILES string of the molecule is CNC(=O)c1nn(C)cc1Nc1nccc(-c2cc(C#N)c3c(c2)C(C)(CO)CN3)n1. The average Bonchev–Trinajstić information content (AvgIpc) is 3.32. The zero-order valence-corrected chi connectivity index (χ0v) is 17.4. The van der Waals surface area contributed by atoms with Crippen molar-refractivity contribution in [2.45, 2.75) is 12.3 Å². The van der Waals surface area contributed by atoms with Crippen LogP contribution < -0.4 is 16.0 Å². The highest BCUT2D eigenvalue weighted by molar-refractivity contribution is 5.97. The molecule has 0 radical (unpaired) electrons. The maximum absolute atomic E-state index is 12.1. The second kappa shape index (κ2) is 7.70. The Morgan fingerprint density at radius 1 is 1.45 bits per heavy atom.